The molecule has 0 rings (SSSR count). The zero-order chi connectivity index (χ0) is 14.2. The maximum Gasteiger partial charge on any atom is 0.321 e. The molecule has 0 aliphatic rings. The van der Waals surface area contributed by atoms with E-state index in [9.17, 15) is 18.0 Å². The summed E-state index contributed by atoms with van der Waals surface area (Å²) in [7, 11) is -2.70. The summed E-state index contributed by atoms with van der Waals surface area (Å²) in [6.45, 7) is 1.98. The lowest BCUT2D eigenvalue weighted by Gasteiger charge is -2.14. The summed E-state index contributed by atoms with van der Waals surface area (Å²) < 4.78 is 31.3. The second kappa shape index (κ2) is 8.01. The Labute approximate surface area is 106 Å². The standard InChI is InChI=1S/C9H18N2O6S/c1-3-6-10-18(15,16)11-7(9(13)14)4-5-8(12)17-2/h7,10-11H,3-6H2,1-2H3,(H,13,14)/t7-/m1/s1. The fraction of sp³-hybridized carbons (Fsp3) is 0.778. The number of hydrogen-bond donors (Lipinski definition) is 3. The number of ether oxygens (including phenoxy) is 1. The van der Waals surface area contributed by atoms with Gasteiger partial charge in [0.2, 0.25) is 0 Å². The highest BCUT2D eigenvalue weighted by Crippen LogP contribution is 2.01. The largest absolute Gasteiger partial charge is 0.480 e. The number of carbonyl (C=O) groups excluding carboxylic acids is 1. The summed E-state index contributed by atoms with van der Waals surface area (Å²) >= 11 is 0. The van der Waals surface area contributed by atoms with Gasteiger partial charge in [-0.15, -0.1) is 0 Å². The fourth-order valence-corrected chi connectivity index (χ4v) is 2.21. The third-order valence-electron chi connectivity index (χ3n) is 2.00. The molecule has 1 atom stereocenters. The van der Waals surface area contributed by atoms with E-state index in [-0.39, 0.29) is 19.4 Å². The minimum absolute atomic E-state index is 0.172. The molecule has 0 aromatic heterocycles. The van der Waals surface area contributed by atoms with Crippen molar-refractivity contribution < 1.29 is 27.9 Å². The second-order valence-electron chi connectivity index (χ2n) is 3.52. The molecule has 0 aliphatic heterocycles. The maximum absolute atomic E-state index is 11.4. The first-order valence-electron chi connectivity index (χ1n) is 5.39. The molecule has 0 spiro atoms. The molecule has 106 valence electrons. The molecule has 0 heterocycles. The van der Waals surface area contributed by atoms with Gasteiger partial charge in [-0.1, -0.05) is 6.92 Å². The van der Waals surface area contributed by atoms with Gasteiger partial charge in [0.15, 0.2) is 0 Å². The minimum Gasteiger partial charge on any atom is -0.480 e. The summed E-state index contributed by atoms with van der Waals surface area (Å²) in [5.41, 5.74) is 0. The third-order valence-corrected chi connectivity index (χ3v) is 3.18. The summed E-state index contributed by atoms with van der Waals surface area (Å²) in [4.78, 5) is 21.7. The van der Waals surface area contributed by atoms with E-state index in [1.807, 2.05) is 4.72 Å². The Morgan fingerprint density at radius 3 is 2.44 bits per heavy atom. The Kier molecular flexibility index (Phi) is 7.48. The molecule has 0 saturated heterocycles. The van der Waals surface area contributed by atoms with Crippen molar-refractivity contribution in [2.45, 2.75) is 32.2 Å². The van der Waals surface area contributed by atoms with Crippen LogP contribution in [0.2, 0.25) is 0 Å². The van der Waals surface area contributed by atoms with E-state index in [1.165, 1.54) is 7.11 Å². The van der Waals surface area contributed by atoms with Gasteiger partial charge in [0.05, 0.1) is 7.11 Å². The van der Waals surface area contributed by atoms with Crippen LogP contribution < -0.4 is 9.44 Å². The number of nitrogens with one attached hydrogen (secondary N) is 2. The molecule has 0 bridgehead atoms. The number of methoxy groups -OCH3 is 1. The van der Waals surface area contributed by atoms with Crippen LogP contribution in [0.4, 0.5) is 0 Å². The summed E-state index contributed by atoms with van der Waals surface area (Å²) in [5, 5.41) is 8.84. The molecule has 0 saturated carbocycles. The quantitative estimate of drug-likeness (QED) is 0.477. The van der Waals surface area contributed by atoms with Crippen molar-refractivity contribution >= 4 is 22.1 Å². The molecule has 0 aromatic carbocycles. The van der Waals surface area contributed by atoms with Crippen molar-refractivity contribution in [2.24, 2.45) is 0 Å². The van der Waals surface area contributed by atoms with Crippen LogP contribution in [0.5, 0.6) is 0 Å². The highest BCUT2D eigenvalue weighted by atomic mass is 32.2. The number of aliphatic carboxylic acids is 1. The van der Waals surface area contributed by atoms with Gasteiger partial charge in [0, 0.05) is 13.0 Å². The SMILES string of the molecule is CCCNS(=O)(=O)N[C@H](CCC(=O)OC)C(=O)O. The van der Waals surface area contributed by atoms with Crippen molar-refractivity contribution in [2.75, 3.05) is 13.7 Å². The number of esters is 1. The Morgan fingerprint density at radius 2 is 2.00 bits per heavy atom. The Hall–Kier alpha value is -1.19. The normalized spacial score (nSPS) is 13.0. The first-order chi connectivity index (χ1) is 8.32. The van der Waals surface area contributed by atoms with Gasteiger partial charge in [0.25, 0.3) is 10.2 Å². The second-order valence-corrected chi connectivity index (χ2v) is 5.05. The number of carboxylic acids is 1. The smallest absolute Gasteiger partial charge is 0.321 e. The van der Waals surface area contributed by atoms with E-state index in [2.05, 4.69) is 9.46 Å². The van der Waals surface area contributed by atoms with Gasteiger partial charge >= 0.3 is 11.9 Å². The Balaban J connectivity index is 4.44. The molecule has 0 amide bonds. The van der Waals surface area contributed by atoms with Crippen LogP contribution in [0.15, 0.2) is 0 Å². The average Bonchev–Trinajstić information content (AvgIpc) is 2.31. The van der Waals surface area contributed by atoms with Crippen LogP contribution in [0.25, 0.3) is 0 Å². The lowest BCUT2D eigenvalue weighted by molar-refractivity contribution is -0.142. The van der Waals surface area contributed by atoms with Gasteiger partial charge in [-0.05, 0) is 12.8 Å². The highest BCUT2D eigenvalue weighted by molar-refractivity contribution is 7.87. The predicted octanol–water partition coefficient (Wildman–Crippen LogP) is -0.773. The maximum atomic E-state index is 11.4. The van der Waals surface area contributed by atoms with Gasteiger partial charge < -0.3 is 9.84 Å². The van der Waals surface area contributed by atoms with Gasteiger partial charge in [0.1, 0.15) is 6.04 Å². The average molecular weight is 282 g/mol. The van der Waals surface area contributed by atoms with Gasteiger partial charge in [-0.2, -0.15) is 13.1 Å². The van der Waals surface area contributed by atoms with E-state index < -0.39 is 28.2 Å². The van der Waals surface area contributed by atoms with Crippen LogP contribution in [0.1, 0.15) is 26.2 Å². The summed E-state index contributed by atoms with van der Waals surface area (Å²) in [6, 6.07) is -1.36. The molecular formula is C9H18N2O6S. The molecule has 0 radical (unpaired) electrons. The minimum atomic E-state index is -3.88. The van der Waals surface area contributed by atoms with E-state index in [1.54, 1.807) is 6.92 Å². The van der Waals surface area contributed by atoms with Crippen LogP contribution in [0, 0.1) is 0 Å². The van der Waals surface area contributed by atoms with E-state index in [0.717, 1.165) is 0 Å². The Morgan fingerprint density at radius 1 is 1.39 bits per heavy atom. The van der Waals surface area contributed by atoms with E-state index in [0.29, 0.717) is 6.42 Å². The zero-order valence-corrected chi connectivity index (χ0v) is 11.1. The molecule has 18 heavy (non-hydrogen) atoms. The third kappa shape index (κ3) is 7.20. The van der Waals surface area contributed by atoms with E-state index in [4.69, 9.17) is 5.11 Å². The molecule has 0 fully saturated rings. The number of carbonyl (C=O) groups is 2. The molecule has 0 aliphatic carbocycles. The Bertz CT molecular complexity index is 381. The number of carboxylic acid groups (broad SMARTS) is 1. The van der Waals surface area contributed by atoms with Crippen LogP contribution >= 0.6 is 0 Å². The van der Waals surface area contributed by atoms with Gasteiger partial charge in [-0.25, -0.2) is 4.72 Å². The zero-order valence-electron chi connectivity index (χ0n) is 10.3. The monoisotopic (exact) mass is 282 g/mol. The summed E-state index contributed by atoms with van der Waals surface area (Å²) in [5.74, 6) is -1.94. The molecule has 8 nitrogen and oxygen atoms in total. The first-order valence-corrected chi connectivity index (χ1v) is 6.87. The van der Waals surface area contributed by atoms with Gasteiger partial charge in [-0.3, -0.25) is 9.59 Å². The fourth-order valence-electron chi connectivity index (χ4n) is 1.06. The molecule has 0 aromatic rings. The van der Waals surface area contributed by atoms with Crippen LogP contribution in [-0.4, -0.2) is 45.2 Å². The lowest BCUT2D eigenvalue weighted by Crippen LogP contribution is -2.46. The van der Waals surface area contributed by atoms with Crippen LogP contribution in [-0.2, 0) is 24.5 Å². The highest BCUT2D eigenvalue weighted by Gasteiger charge is 2.24. The van der Waals surface area contributed by atoms with Crippen molar-refractivity contribution in [3.05, 3.63) is 0 Å². The molecule has 3 N–H and O–H groups in total. The van der Waals surface area contributed by atoms with Crippen LogP contribution in [0.3, 0.4) is 0 Å². The predicted molar refractivity (Wildman–Crippen MR) is 63.0 cm³/mol. The first kappa shape index (κ1) is 16.8. The van der Waals surface area contributed by atoms with Crippen molar-refractivity contribution in [1.29, 1.82) is 0 Å². The molecule has 0 unspecified atom stereocenters. The topological polar surface area (TPSA) is 122 Å². The van der Waals surface area contributed by atoms with E-state index >= 15 is 0 Å². The van der Waals surface area contributed by atoms with Crippen molar-refractivity contribution in [3.63, 3.8) is 0 Å². The lowest BCUT2D eigenvalue weighted by atomic mass is 10.2. The van der Waals surface area contributed by atoms with Crippen molar-refractivity contribution in [1.82, 2.24) is 9.44 Å². The number of hydrogen-bond acceptors (Lipinski definition) is 5. The number of rotatable bonds is 9. The molecule has 9 heteroatoms. The molecular weight excluding hydrogens is 264 g/mol. The summed E-state index contributed by atoms with van der Waals surface area (Å²) in [6.07, 6.45) is 0.236. The van der Waals surface area contributed by atoms with Crippen molar-refractivity contribution in [3.8, 4) is 0 Å².